The molecule has 1 aliphatic heterocycles. The standard InChI is InChI=1S/C22H25N5O3/c1-16-2-4-19(5-3-16)27-15-25-26-20(27)13-24-22(28)18-6-9-23-21(12-18)30-14-17-7-10-29-11-8-17/h2-6,9,12,15,17H,7-8,10-11,13-14H2,1H3,(H,24,28). The van der Waals surface area contributed by atoms with E-state index < -0.39 is 0 Å². The number of amides is 1. The summed E-state index contributed by atoms with van der Waals surface area (Å²) in [5.41, 5.74) is 2.62. The normalized spacial score (nSPS) is 14.4. The molecule has 1 amide bonds. The smallest absolute Gasteiger partial charge is 0.251 e. The van der Waals surface area contributed by atoms with Crippen LogP contribution >= 0.6 is 0 Å². The zero-order valence-electron chi connectivity index (χ0n) is 17.0. The molecule has 3 heterocycles. The Morgan fingerprint density at radius 1 is 1.23 bits per heavy atom. The molecule has 8 nitrogen and oxygen atoms in total. The third-order valence-corrected chi connectivity index (χ3v) is 5.14. The fraction of sp³-hybridized carbons (Fsp3) is 0.364. The number of ether oxygens (including phenoxy) is 2. The van der Waals surface area contributed by atoms with Gasteiger partial charge in [0.2, 0.25) is 5.88 Å². The van der Waals surface area contributed by atoms with Crippen LogP contribution in [0.2, 0.25) is 0 Å². The highest BCUT2D eigenvalue weighted by Gasteiger charge is 2.15. The third kappa shape index (κ3) is 5.01. The average Bonchev–Trinajstić information content (AvgIpc) is 3.26. The highest BCUT2D eigenvalue weighted by molar-refractivity contribution is 5.94. The second-order valence-electron chi connectivity index (χ2n) is 7.38. The van der Waals surface area contributed by atoms with Gasteiger partial charge in [-0.3, -0.25) is 9.36 Å². The van der Waals surface area contributed by atoms with Crippen LogP contribution in [-0.2, 0) is 11.3 Å². The molecule has 1 N–H and O–H groups in total. The van der Waals surface area contributed by atoms with Gasteiger partial charge in [-0.25, -0.2) is 4.98 Å². The maximum Gasteiger partial charge on any atom is 0.251 e. The van der Waals surface area contributed by atoms with Crippen molar-refractivity contribution in [2.45, 2.75) is 26.3 Å². The second-order valence-corrected chi connectivity index (χ2v) is 7.38. The minimum atomic E-state index is -0.216. The van der Waals surface area contributed by atoms with Gasteiger partial charge in [0.15, 0.2) is 5.82 Å². The van der Waals surface area contributed by atoms with E-state index in [1.54, 1.807) is 24.7 Å². The van der Waals surface area contributed by atoms with E-state index in [9.17, 15) is 4.79 Å². The van der Waals surface area contributed by atoms with Crippen LogP contribution in [0, 0.1) is 12.8 Å². The Labute approximate surface area is 175 Å². The van der Waals surface area contributed by atoms with Crippen LogP contribution in [0.4, 0.5) is 0 Å². The van der Waals surface area contributed by atoms with Crippen LogP contribution in [0.1, 0.15) is 34.6 Å². The minimum absolute atomic E-state index is 0.216. The minimum Gasteiger partial charge on any atom is -0.477 e. The average molecular weight is 407 g/mol. The van der Waals surface area contributed by atoms with E-state index in [1.807, 2.05) is 35.8 Å². The zero-order chi connectivity index (χ0) is 20.8. The summed E-state index contributed by atoms with van der Waals surface area (Å²) in [5.74, 6) is 1.35. The number of nitrogens with one attached hydrogen (secondary N) is 1. The van der Waals surface area contributed by atoms with Crippen LogP contribution in [0.5, 0.6) is 5.88 Å². The number of rotatable bonds is 7. The van der Waals surface area contributed by atoms with Gasteiger partial charge in [-0.1, -0.05) is 17.7 Å². The SMILES string of the molecule is Cc1ccc(-n2cnnc2CNC(=O)c2ccnc(OCC3CCOCC3)c2)cc1. The molecule has 1 aliphatic rings. The first-order valence-electron chi connectivity index (χ1n) is 10.1. The van der Waals surface area contributed by atoms with E-state index in [4.69, 9.17) is 9.47 Å². The van der Waals surface area contributed by atoms with Gasteiger partial charge in [0.25, 0.3) is 5.91 Å². The van der Waals surface area contributed by atoms with Crippen molar-refractivity contribution in [3.8, 4) is 11.6 Å². The summed E-state index contributed by atoms with van der Waals surface area (Å²) in [5, 5.41) is 11.0. The molecule has 1 saturated heterocycles. The summed E-state index contributed by atoms with van der Waals surface area (Å²) in [7, 11) is 0. The number of nitrogens with zero attached hydrogens (tertiary/aromatic N) is 4. The van der Waals surface area contributed by atoms with E-state index in [0.29, 0.717) is 29.8 Å². The highest BCUT2D eigenvalue weighted by Crippen LogP contribution is 2.17. The van der Waals surface area contributed by atoms with Crippen molar-refractivity contribution in [1.29, 1.82) is 0 Å². The second kappa shape index (κ2) is 9.49. The van der Waals surface area contributed by atoms with Crippen LogP contribution in [0.3, 0.4) is 0 Å². The molecule has 0 radical (unpaired) electrons. The van der Waals surface area contributed by atoms with Crippen LogP contribution < -0.4 is 10.1 Å². The number of aryl methyl sites for hydroxylation is 1. The van der Waals surface area contributed by atoms with Gasteiger partial charge in [0, 0.05) is 36.7 Å². The maximum atomic E-state index is 12.6. The molecule has 4 rings (SSSR count). The molecule has 0 unspecified atom stereocenters. The van der Waals surface area contributed by atoms with Crippen LogP contribution in [0.25, 0.3) is 5.69 Å². The van der Waals surface area contributed by atoms with Crippen molar-refractivity contribution in [1.82, 2.24) is 25.1 Å². The molecule has 0 saturated carbocycles. The number of aromatic nitrogens is 4. The third-order valence-electron chi connectivity index (χ3n) is 5.14. The van der Waals surface area contributed by atoms with E-state index in [1.165, 1.54) is 5.56 Å². The number of hydrogen-bond donors (Lipinski definition) is 1. The number of carbonyl (C=O) groups is 1. The van der Waals surface area contributed by atoms with E-state index in [0.717, 1.165) is 31.7 Å². The first-order chi connectivity index (χ1) is 14.7. The topological polar surface area (TPSA) is 91.2 Å². The molecule has 156 valence electrons. The van der Waals surface area contributed by atoms with Crippen LogP contribution in [0.15, 0.2) is 48.9 Å². The van der Waals surface area contributed by atoms with Crippen molar-refractivity contribution in [2.75, 3.05) is 19.8 Å². The highest BCUT2D eigenvalue weighted by atomic mass is 16.5. The van der Waals surface area contributed by atoms with Crippen molar-refractivity contribution < 1.29 is 14.3 Å². The Kier molecular flexibility index (Phi) is 6.34. The summed E-state index contributed by atoms with van der Waals surface area (Å²) >= 11 is 0. The Bertz CT molecular complexity index is 980. The van der Waals surface area contributed by atoms with E-state index in [2.05, 4.69) is 20.5 Å². The quantitative estimate of drug-likeness (QED) is 0.648. The predicted octanol–water partition coefficient (Wildman–Crippen LogP) is 2.71. The molecular weight excluding hydrogens is 382 g/mol. The van der Waals surface area contributed by atoms with Gasteiger partial charge in [-0.15, -0.1) is 10.2 Å². The molecule has 2 aromatic heterocycles. The summed E-state index contributed by atoms with van der Waals surface area (Å²) in [6.07, 6.45) is 5.20. The molecule has 1 fully saturated rings. The lowest BCUT2D eigenvalue weighted by atomic mass is 10.0. The number of hydrogen-bond acceptors (Lipinski definition) is 6. The fourth-order valence-electron chi connectivity index (χ4n) is 3.31. The van der Waals surface area contributed by atoms with Crippen molar-refractivity contribution in [3.05, 3.63) is 65.9 Å². The number of carbonyl (C=O) groups excluding carboxylic acids is 1. The first kappa shape index (κ1) is 20.0. The van der Waals surface area contributed by atoms with Gasteiger partial charge in [0.1, 0.15) is 6.33 Å². The monoisotopic (exact) mass is 407 g/mol. The molecule has 30 heavy (non-hydrogen) atoms. The summed E-state index contributed by atoms with van der Waals surface area (Å²) in [6, 6.07) is 11.4. The van der Waals surface area contributed by atoms with Crippen LogP contribution in [-0.4, -0.2) is 45.5 Å². The lowest BCUT2D eigenvalue weighted by Gasteiger charge is -2.21. The van der Waals surface area contributed by atoms with Crippen molar-refractivity contribution in [3.63, 3.8) is 0 Å². The van der Waals surface area contributed by atoms with E-state index in [-0.39, 0.29) is 12.5 Å². The first-order valence-corrected chi connectivity index (χ1v) is 10.1. The van der Waals surface area contributed by atoms with Gasteiger partial charge in [-0.05, 0) is 43.9 Å². The fourth-order valence-corrected chi connectivity index (χ4v) is 3.31. The van der Waals surface area contributed by atoms with Gasteiger partial charge < -0.3 is 14.8 Å². The van der Waals surface area contributed by atoms with E-state index >= 15 is 0 Å². The zero-order valence-corrected chi connectivity index (χ0v) is 17.0. The molecule has 0 atom stereocenters. The lowest BCUT2D eigenvalue weighted by molar-refractivity contribution is 0.0490. The molecule has 1 aromatic carbocycles. The predicted molar refractivity (Wildman–Crippen MR) is 111 cm³/mol. The largest absolute Gasteiger partial charge is 0.477 e. The number of benzene rings is 1. The van der Waals surface area contributed by atoms with Crippen molar-refractivity contribution >= 4 is 5.91 Å². The maximum absolute atomic E-state index is 12.6. The Morgan fingerprint density at radius 2 is 2.03 bits per heavy atom. The van der Waals surface area contributed by atoms with Gasteiger partial charge in [-0.2, -0.15) is 0 Å². The molecular formula is C22H25N5O3. The summed E-state index contributed by atoms with van der Waals surface area (Å²) in [4.78, 5) is 16.8. The molecule has 8 heteroatoms. The lowest BCUT2D eigenvalue weighted by Crippen LogP contribution is -2.25. The molecule has 3 aromatic rings. The Morgan fingerprint density at radius 3 is 2.83 bits per heavy atom. The Balaban J connectivity index is 1.35. The van der Waals surface area contributed by atoms with Gasteiger partial charge >= 0.3 is 0 Å². The molecule has 0 bridgehead atoms. The summed E-state index contributed by atoms with van der Waals surface area (Å²) in [6.45, 7) is 4.43. The van der Waals surface area contributed by atoms with Gasteiger partial charge in [0.05, 0.1) is 13.2 Å². The number of pyridine rings is 1. The Hall–Kier alpha value is -3.26. The molecule has 0 aliphatic carbocycles. The molecule has 0 spiro atoms. The summed E-state index contributed by atoms with van der Waals surface area (Å²) < 4.78 is 13.0. The van der Waals surface area contributed by atoms with Crippen molar-refractivity contribution in [2.24, 2.45) is 5.92 Å².